The van der Waals surface area contributed by atoms with Gasteiger partial charge in [-0.1, -0.05) is 28.1 Å². The maximum atomic E-state index is 12.7. The molecule has 3 aromatic rings. The molecule has 0 radical (unpaired) electrons. The van der Waals surface area contributed by atoms with Crippen LogP contribution in [0.1, 0.15) is 16.1 Å². The maximum absolute atomic E-state index is 12.7. The van der Waals surface area contributed by atoms with E-state index in [0.717, 1.165) is 13.6 Å². The molecule has 0 atom stereocenters. The Morgan fingerprint density at radius 2 is 1.70 bits per heavy atom. The van der Waals surface area contributed by atoms with E-state index in [-0.39, 0.29) is 11.5 Å². The summed E-state index contributed by atoms with van der Waals surface area (Å²) in [7, 11) is 0. The van der Waals surface area contributed by atoms with Gasteiger partial charge in [0.05, 0.1) is 6.26 Å². The SMILES string of the molecule is O=C(Nc1ccc(I)cc1)C(=Cc1ccc(Br)cc1)NC(=O)c1ccco1. The number of benzene rings is 2. The summed E-state index contributed by atoms with van der Waals surface area (Å²) in [6, 6.07) is 17.9. The minimum Gasteiger partial charge on any atom is -0.459 e. The Hall–Kier alpha value is -2.39. The van der Waals surface area contributed by atoms with Crippen LogP contribution in [0.15, 0.2) is 81.5 Å². The Balaban J connectivity index is 1.85. The zero-order chi connectivity index (χ0) is 19.2. The summed E-state index contributed by atoms with van der Waals surface area (Å²) in [4.78, 5) is 25.1. The number of anilines is 1. The molecule has 0 bridgehead atoms. The molecule has 7 heteroatoms. The summed E-state index contributed by atoms with van der Waals surface area (Å²) in [5.74, 6) is -0.807. The zero-order valence-corrected chi connectivity index (χ0v) is 17.7. The minimum atomic E-state index is -0.499. The van der Waals surface area contributed by atoms with Crippen molar-refractivity contribution < 1.29 is 14.0 Å². The van der Waals surface area contributed by atoms with Crippen molar-refractivity contribution in [2.75, 3.05) is 5.32 Å². The van der Waals surface area contributed by atoms with Crippen molar-refractivity contribution in [3.63, 3.8) is 0 Å². The first-order valence-corrected chi connectivity index (χ1v) is 9.77. The molecular weight excluding hydrogens is 523 g/mol. The van der Waals surface area contributed by atoms with Gasteiger partial charge in [-0.3, -0.25) is 9.59 Å². The normalized spacial score (nSPS) is 11.1. The van der Waals surface area contributed by atoms with Crippen LogP contribution in [0, 0.1) is 3.57 Å². The first-order valence-electron chi connectivity index (χ1n) is 7.90. The molecule has 2 N–H and O–H groups in total. The van der Waals surface area contributed by atoms with Crippen LogP contribution in [0.3, 0.4) is 0 Å². The van der Waals surface area contributed by atoms with E-state index in [1.807, 2.05) is 36.4 Å². The van der Waals surface area contributed by atoms with Crippen molar-refractivity contribution in [3.8, 4) is 0 Å². The fourth-order valence-corrected chi connectivity index (χ4v) is 2.83. The summed E-state index contributed by atoms with van der Waals surface area (Å²) < 4.78 is 7.07. The highest BCUT2D eigenvalue weighted by Gasteiger charge is 2.16. The van der Waals surface area contributed by atoms with E-state index in [4.69, 9.17) is 4.42 Å². The zero-order valence-electron chi connectivity index (χ0n) is 13.9. The standard InChI is InChI=1S/C20H14BrIN2O3/c21-14-5-3-13(4-6-14)12-17(24-20(26)18-2-1-11-27-18)19(25)23-16-9-7-15(22)8-10-16/h1-12H,(H,23,25)(H,24,26). The molecule has 0 aliphatic heterocycles. The second-order valence-electron chi connectivity index (χ2n) is 5.50. The van der Waals surface area contributed by atoms with Gasteiger partial charge in [0.2, 0.25) is 0 Å². The molecule has 0 fully saturated rings. The van der Waals surface area contributed by atoms with Crippen LogP contribution in [-0.2, 0) is 4.79 Å². The molecule has 0 saturated carbocycles. The van der Waals surface area contributed by atoms with Gasteiger partial charge in [0.25, 0.3) is 11.8 Å². The second-order valence-corrected chi connectivity index (χ2v) is 7.66. The third-order valence-electron chi connectivity index (χ3n) is 3.52. The first kappa shape index (κ1) is 19.4. The molecule has 5 nitrogen and oxygen atoms in total. The fourth-order valence-electron chi connectivity index (χ4n) is 2.21. The number of carbonyl (C=O) groups excluding carboxylic acids is 2. The van der Waals surface area contributed by atoms with E-state index in [1.54, 1.807) is 24.3 Å². The van der Waals surface area contributed by atoms with Crippen LogP contribution in [0.2, 0.25) is 0 Å². The van der Waals surface area contributed by atoms with Crippen molar-refractivity contribution in [1.29, 1.82) is 0 Å². The predicted molar refractivity (Wildman–Crippen MR) is 116 cm³/mol. The van der Waals surface area contributed by atoms with Crippen LogP contribution >= 0.6 is 38.5 Å². The van der Waals surface area contributed by atoms with Gasteiger partial charge in [-0.15, -0.1) is 0 Å². The van der Waals surface area contributed by atoms with E-state index in [0.29, 0.717) is 5.69 Å². The predicted octanol–water partition coefficient (Wildman–Crippen LogP) is 5.06. The number of furan rings is 1. The summed E-state index contributed by atoms with van der Waals surface area (Å²) in [6.45, 7) is 0. The van der Waals surface area contributed by atoms with Gasteiger partial charge >= 0.3 is 0 Å². The molecule has 0 spiro atoms. The highest BCUT2D eigenvalue weighted by atomic mass is 127. The number of nitrogens with one attached hydrogen (secondary N) is 2. The maximum Gasteiger partial charge on any atom is 0.291 e. The number of carbonyl (C=O) groups is 2. The average molecular weight is 537 g/mol. The molecule has 0 saturated heterocycles. The lowest BCUT2D eigenvalue weighted by atomic mass is 10.2. The number of halogens is 2. The number of rotatable bonds is 5. The monoisotopic (exact) mass is 536 g/mol. The number of hydrogen-bond donors (Lipinski definition) is 2. The Bertz CT molecular complexity index is 965. The Morgan fingerprint density at radius 3 is 2.33 bits per heavy atom. The van der Waals surface area contributed by atoms with E-state index < -0.39 is 11.8 Å². The number of hydrogen-bond acceptors (Lipinski definition) is 3. The fraction of sp³-hybridized carbons (Fsp3) is 0. The van der Waals surface area contributed by atoms with E-state index >= 15 is 0 Å². The lowest BCUT2D eigenvalue weighted by Crippen LogP contribution is -2.30. The molecule has 2 amide bonds. The molecule has 1 heterocycles. The molecule has 1 aromatic heterocycles. The summed E-state index contributed by atoms with van der Waals surface area (Å²) >= 11 is 5.56. The number of amides is 2. The molecule has 2 aromatic carbocycles. The Labute approximate surface area is 178 Å². The molecule has 0 aliphatic carbocycles. The quantitative estimate of drug-likeness (QED) is 0.354. The van der Waals surface area contributed by atoms with Crippen LogP contribution < -0.4 is 10.6 Å². The lowest BCUT2D eigenvalue weighted by molar-refractivity contribution is -0.113. The molecule has 3 rings (SSSR count). The van der Waals surface area contributed by atoms with Crippen molar-refractivity contribution >= 4 is 62.1 Å². The highest BCUT2D eigenvalue weighted by molar-refractivity contribution is 14.1. The molecule has 27 heavy (non-hydrogen) atoms. The van der Waals surface area contributed by atoms with Gasteiger partial charge in [-0.2, -0.15) is 0 Å². The molecule has 0 unspecified atom stereocenters. The largest absolute Gasteiger partial charge is 0.459 e. The summed E-state index contributed by atoms with van der Waals surface area (Å²) in [5, 5.41) is 5.40. The molecule has 136 valence electrons. The Morgan fingerprint density at radius 1 is 1.00 bits per heavy atom. The average Bonchev–Trinajstić information content (AvgIpc) is 3.19. The van der Waals surface area contributed by atoms with Crippen molar-refractivity contribution in [1.82, 2.24) is 5.32 Å². The third kappa shape index (κ3) is 5.54. The highest BCUT2D eigenvalue weighted by Crippen LogP contribution is 2.15. The van der Waals surface area contributed by atoms with E-state index in [9.17, 15) is 9.59 Å². The minimum absolute atomic E-state index is 0.109. The van der Waals surface area contributed by atoms with Crippen LogP contribution in [0.4, 0.5) is 5.69 Å². The Kier molecular flexibility index (Phi) is 6.46. The smallest absolute Gasteiger partial charge is 0.291 e. The summed E-state index contributed by atoms with van der Waals surface area (Å²) in [6.07, 6.45) is 3.01. The van der Waals surface area contributed by atoms with Crippen molar-refractivity contribution in [2.24, 2.45) is 0 Å². The van der Waals surface area contributed by atoms with E-state index in [2.05, 4.69) is 49.2 Å². The lowest BCUT2D eigenvalue weighted by Gasteiger charge is -2.10. The van der Waals surface area contributed by atoms with Crippen molar-refractivity contribution in [3.05, 3.63) is 92.0 Å². The third-order valence-corrected chi connectivity index (χ3v) is 4.77. The van der Waals surface area contributed by atoms with Crippen molar-refractivity contribution in [2.45, 2.75) is 0 Å². The van der Waals surface area contributed by atoms with Crippen LogP contribution in [0.25, 0.3) is 6.08 Å². The van der Waals surface area contributed by atoms with Crippen LogP contribution in [-0.4, -0.2) is 11.8 Å². The van der Waals surface area contributed by atoms with Gasteiger partial charge < -0.3 is 15.1 Å². The van der Waals surface area contributed by atoms with Gasteiger partial charge in [0.15, 0.2) is 5.76 Å². The summed E-state index contributed by atoms with van der Waals surface area (Å²) in [5.41, 5.74) is 1.51. The van der Waals surface area contributed by atoms with Crippen LogP contribution in [0.5, 0.6) is 0 Å². The van der Waals surface area contributed by atoms with Gasteiger partial charge in [-0.25, -0.2) is 0 Å². The van der Waals surface area contributed by atoms with Gasteiger partial charge in [0.1, 0.15) is 5.70 Å². The molecular formula is C20H14BrIN2O3. The van der Waals surface area contributed by atoms with Gasteiger partial charge in [0, 0.05) is 13.7 Å². The van der Waals surface area contributed by atoms with E-state index in [1.165, 1.54) is 12.3 Å². The topological polar surface area (TPSA) is 71.3 Å². The second kappa shape index (κ2) is 9.01. The van der Waals surface area contributed by atoms with Gasteiger partial charge in [-0.05, 0) is 82.8 Å². The molecule has 0 aliphatic rings. The first-order chi connectivity index (χ1) is 13.0.